The van der Waals surface area contributed by atoms with Gasteiger partial charge in [0.15, 0.2) is 5.11 Å². The van der Waals surface area contributed by atoms with Crippen molar-refractivity contribution in [1.82, 2.24) is 10.2 Å². The van der Waals surface area contributed by atoms with Gasteiger partial charge in [0.2, 0.25) is 0 Å². The predicted molar refractivity (Wildman–Crippen MR) is 96.6 cm³/mol. The Hall–Kier alpha value is -1.17. The highest BCUT2D eigenvalue weighted by Crippen LogP contribution is 2.29. The first-order valence-corrected chi connectivity index (χ1v) is 8.32. The van der Waals surface area contributed by atoms with Crippen molar-refractivity contribution < 1.29 is 4.74 Å². The van der Waals surface area contributed by atoms with Crippen LogP contribution in [0, 0.1) is 0 Å². The zero-order chi connectivity index (χ0) is 16.0. The van der Waals surface area contributed by atoms with Crippen LogP contribution in [0.4, 0.5) is 5.69 Å². The molecule has 1 aliphatic rings. The Bertz CT molecular complexity index is 493. The van der Waals surface area contributed by atoms with Gasteiger partial charge in [0.05, 0.1) is 13.2 Å². The van der Waals surface area contributed by atoms with E-state index in [0.29, 0.717) is 5.11 Å². The first kappa shape index (κ1) is 17.2. The van der Waals surface area contributed by atoms with Crippen LogP contribution in [0.2, 0.25) is 0 Å². The lowest BCUT2D eigenvalue weighted by Crippen LogP contribution is -2.42. The molecule has 1 aromatic rings. The lowest BCUT2D eigenvalue weighted by atomic mass is 9.86. The van der Waals surface area contributed by atoms with E-state index in [-0.39, 0.29) is 5.41 Å². The molecule has 1 aliphatic heterocycles. The Morgan fingerprint density at radius 3 is 2.59 bits per heavy atom. The molecule has 122 valence electrons. The number of ether oxygens (including phenoxy) is 1. The van der Waals surface area contributed by atoms with Gasteiger partial charge in [-0.3, -0.25) is 4.90 Å². The minimum Gasteiger partial charge on any atom is -0.379 e. The van der Waals surface area contributed by atoms with Crippen LogP contribution < -0.4 is 10.6 Å². The molecule has 0 atom stereocenters. The number of thiocarbonyl (C=S) groups is 1. The van der Waals surface area contributed by atoms with Crippen LogP contribution in [0.1, 0.15) is 26.3 Å². The predicted octanol–water partition coefficient (Wildman–Crippen LogP) is 2.60. The van der Waals surface area contributed by atoms with Gasteiger partial charge < -0.3 is 15.4 Å². The van der Waals surface area contributed by atoms with E-state index in [9.17, 15) is 0 Å². The van der Waals surface area contributed by atoms with Gasteiger partial charge in [0.25, 0.3) is 0 Å². The van der Waals surface area contributed by atoms with E-state index in [1.165, 1.54) is 5.56 Å². The molecule has 0 unspecified atom stereocenters. The maximum atomic E-state index is 5.42. The molecular formula is C17H27N3OS. The van der Waals surface area contributed by atoms with Gasteiger partial charge in [0, 0.05) is 31.9 Å². The van der Waals surface area contributed by atoms with Gasteiger partial charge in [-0.05, 0) is 29.3 Å². The molecule has 1 aromatic carbocycles. The highest BCUT2D eigenvalue weighted by atomic mass is 32.1. The molecular weight excluding hydrogens is 294 g/mol. The minimum atomic E-state index is 0.0903. The van der Waals surface area contributed by atoms with Crippen molar-refractivity contribution in [2.24, 2.45) is 0 Å². The van der Waals surface area contributed by atoms with Gasteiger partial charge in [-0.1, -0.05) is 39.0 Å². The first-order chi connectivity index (χ1) is 10.5. The summed E-state index contributed by atoms with van der Waals surface area (Å²) < 4.78 is 5.35. The summed E-state index contributed by atoms with van der Waals surface area (Å²) in [5, 5.41) is 7.31. The van der Waals surface area contributed by atoms with E-state index in [2.05, 4.69) is 54.5 Å². The smallest absolute Gasteiger partial charge is 0.170 e. The fourth-order valence-corrected chi connectivity index (χ4v) is 2.78. The second kappa shape index (κ2) is 7.90. The lowest BCUT2D eigenvalue weighted by molar-refractivity contribution is 0.0389. The second-order valence-corrected chi connectivity index (χ2v) is 7.04. The van der Waals surface area contributed by atoms with E-state index in [4.69, 9.17) is 17.0 Å². The topological polar surface area (TPSA) is 36.5 Å². The fourth-order valence-electron chi connectivity index (χ4n) is 2.56. The molecule has 5 heteroatoms. The number of benzene rings is 1. The van der Waals surface area contributed by atoms with Crippen molar-refractivity contribution in [2.45, 2.75) is 26.2 Å². The van der Waals surface area contributed by atoms with Crippen molar-refractivity contribution in [1.29, 1.82) is 0 Å². The van der Waals surface area contributed by atoms with E-state index >= 15 is 0 Å². The van der Waals surface area contributed by atoms with Gasteiger partial charge >= 0.3 is 0 Å². The Morgan fingerprint density at radius 1 is 1.23 bits per heavy atom. The Kier molecular flexibility index (Phi) is 6.17. The molecule has 0 aliphatic carbocycles. The molecule has 0 spiro atoms. The number of morpholine rings is 1. The quantitative estimate of drug-likeness (QED) is 0.834. The van der Waals surface area contributed by atoms with Gasteiger partial charge in [-0.2, -0.15) is 0 Å². The number of nitrogens with zero attached hydrogens (tertiary/aromatic N) is 1. The third kappa shape index (κ3) is 5.23. The zero-order valence-corrected chi connectivity index (χ0v) is 14.6. The molecule has 22 heavy (non-hydrogen) atoms. The largest absolute Gasteiger partial charge is 0.379 e. The average molecular weight is 321 g/mol. The molecule has 2 N–H and O–H groups in total. The molecule has 0 radical (unpaired) electrons. The zero-order valence-electron chi connectivity index (χ0n) is 13.8. The van der Waals surface area contributed by atoms with Crippen LogP contribution in [0.25, 0.3) is 0 Å². The lowest BCUT2D eigenvalue weighted by Gasteiger charge is -2.27. The molecule has 4 nitrogen and oxygen atoms in total. The highest BCUT2D eigenvalue weighted by molar-refractivity contribution is 7.80. The fraction of sp³-hybridized carbons (Fsp3) is 0.588. The van der Waals surface area contributed by atoms with E-state index in [1.807, 2.05) is 6.07 Å². The van der Waals surface area contributed by atoms with Crippen LogP contribution >= 0.6 is 12.2 Å². The number of hydrogen-bond donors (Lipinski definition) is 2. The molecule has 0 saturated carbocycles. The van der Waals surface area contributed by atoms with Gasteiger partial charge in [0.1, 0.15) is 0 Å². The third-order valence-electron chi connectivity index (χ3n) is 3.80. The highest BCUT2D eigenvalue weighted by Gasteiger charge is 2.17. The first-order valence-electron chi connectivity index (χ1n) is 7.91. The van der Waals surface area contributed by atoms with Crippen LogP contribution in [-0.4, -0.2) is 49.4 Å². The van der Waals surface area contributed by atoms with Gasteiger partial charge in [-0.25, -0.2) is 0 Å². The Balaban J connectivity index is 1.82. The van der Waals surface area contributed by atoms with E-state index in [0.717, 1.165) is 45.1 Å². The Labute approximate surface area is 139 Å². The van der Waals surface area contributed by atoms with Crippen LogP contribution in [0.15, 0.2) is 24.3 Å². The second-order valence-electron chi connectivity index (χ2n) is 6.63. The molecule has 0 aromatic heterocycles. The molecule has 1 saturated heterocycles. The molecule has 1 fully saturated rings. The number of hydrogen-bond acceptors (Lipinski definition) is 3. The van der Waals surface area contributed by atoms with Crippen molar-refractivity contribution in [2.75, 3.05) is 44.7 Å². The summed E-state index contributed by atoms with van der Waals surface area (Å²) in [5.74, 6) is 0. The Morgan fingerprint density at radius 2 is 1.91 bits per heavy atom. The van der Waals surface area contributed by atoms with Crippen LogP contribution in [0.3, 0.4) is 0 Å². The van der Waals surface area contributed by atoms with Crippen LogP contribution in [-0.2, 0) is 10.2 Å². The van der Waals surface area contributed by atoms with Crippen molar-refractivity contribution in [3.8, 4) is 0 Å². The van der Waals surface area contributed by atoms with Gasteiger partial charge in [-0.15, -0.1) is 0 Å². The molecule has 2 rings (SSSR count). The van der Waals surface area contributed by atoms with E-state index in [1.54, 1.807) is 0 Å². The molecule has 0 amide bonds. The summed E-state index contributed by atoms with van der Waals surface area (Å²) in [4.78, 5) is 2.39. The maximum absolute atomic E-state index is 5.42. The van der Waals surface area contributed by atoms with Crippen molar-refractivity contribution in [3.05, 3.63) is 29.8 Å². The molecule has 1 heterocycles. The standard InChI is InChI=1S/C17H27N3OS/c1-17(2,3)14-6-4-5-7-15(14)19-16(22)18-8-9-20-10-12-21-13-11-20/h4-7H,8-13H2,1-3H3,(H2,18,19,22). The van der Waals surface area contributed by atoms with Crippen LogP contribution in [0.5, 0.6) is 0 Å². The molecule has 0 bridgehead atoms. The van der Waals surface area contributed by atoms with Crippen molar-refractivity contribution in [3.63, 3.8) is 0 Å². The minimum absolute atomic E-state index is 0.0903. The SMILES string of the molecule is CC(C)(C)c1ccccc1NC(=S)NCCN1CCOCC1. The number of para-hydroxylation sites is 1. The van der Waals surface area contributed by atoms with Crippen molar-refractivity contribution >= 4 is 23.0 Å². The number of nitrogens with one attached hydrogen (secondary N) is 2. The summed E-state index contributed by atoms with van der Waals surface area (Å²) in [6.07, 6.45) is 0. The monoisotopic (exact) mass is 321 g/mol. The average Bonchev–Trinajstić information content (AvgIpc) is 2.48. The maximum Gasteiger partial charge on any atom is 0.170 e. The summed E-state index contributed by atoms with van der Waals surface area (Å²) in [6, 6.07) is 8.34. The summed E-state index contributed by atoms with van der Waals surface area (Å²) in [5.41, 5.74) is 2.44. The summed E-state index contributed by atoms with van der Waals surface area (Å²) >= 11 is 5.42. The normalized spacial score (nSPS) is 16.3. The summed E-state index contributed by atoms with van der Waals surface area (Å²) in [6.45, 7) is 12.2. The number of anilines is 1. The third-order valence-corrected chi connectivity index (χ3v) is 4.05. The summed E-state index contributed by atoms with van der Waals surface area (Å²) in [7, 11) is 0. The number of rotatable bonds is 4. The van der Waals surface area contributed by atoms with E-state index < -0.39 is 0 Å².